The van der Waals surface area contributed by atoms with E-state index < -0.39 is 0 Å². The van der Waals surface area contributed by atoms with Gasteiger partial charge in [0, 0.05) is 73.9 Å². The van der Waals surface area contributed by atoms with Gasteiger partial charge in [-0.1, -0.05) is 44.2 Å². The number of benzene rings is 4. The number of hydrogen-bond acceptors (Lipinski definition) is 6. The van der Waals surface area contributed by atoms with Gasteiger partial charge in [-0.25, -0.2) is 8.78 Å². The second-order valence-corrected chi connectivity index (χ2v) is 14.0. The summed E-state index contributed by atoms with van der Waals surface area (Å²) in [6.45, 7) is 5.22. The molecule has 12 heteroatoms. The fourth-order valence-corrected chi connectivity index (χ4v) is 7.51. The number of hydrogen-bond donors (Lipinski definition) is 0. The standard InChI is InChI=1S/2C22H17FN4O.C2H6/c1-26-12-18-16(4-2-6-20(18)25-26)14-7-8-19(23)15(10-14)11-27-13-21-17(22(27)28)5-3-9-24-21;1-26-11-17-10-15(5-7-20(17)25-26)14-4-6-19(23)16(9-14)12-27-13-21-18(22(27)28)3-2-8-24-21;1-2/h2-10,12H,11,13H2,1H3;2-11H,12-13H2,1H3;1-2H3. The van der Waals surface area contributed by atoms with E-state index in [4.69, 9.17) is 0 Å². The van der Waals surface area contributed by atoms with Crippen LogP contribution in [0.4, 0.5) is 8.78 Å². The topological polar surface area (TPSA) is 102 Å². The second kappa shape index (κ2) is 15.8. The molecule has 10 rings (SSSR count). The predicted molar refractivity (Wildman–Crippen MR) is 219 cm³/mol. The van der Waals surface area contributed by atoms with Crippen LogP contribution in [0.15, 0.2) is 122 Å². The van der Waals surface area contributed by atoms with Gasteiger partial charge in [0.1, 0.15) is 11.6 Å². The van der Waals surface area contributed by atoms with Crippen LogP contribution in [0.5, 0.6) is 0 Å². The molecule has 4 aromatic carbocycles. The SMILES string of the molecule is CC.Cn1cc2c(-c3ccc(F)c(CN4Cc5ncccc5C4=O)c3)cccc2n1.Cn1cc2cc(-c3ccc(F)c(CN4Cc5ncccc5C4=O)c3)ccc2n1. The van der Waals surface area contributed by atoms with Crippen molar-refractivity contribution in [3.63, 3.8) is 0 Å². The number of carbonyl (C=O) groups is 2. The molecule has 0 saturated carbocycles. The zero-order valence-electron chi connectivity index (χ0n) is 32.5. The van der Waals surface area contributed by atoms with Crippen LogP contribution in [0.25, 0.3) is 44.1 Å². The zero-order valence-corrected chi connectivity index (χ0v) is 32.5. The van der Waals surface area contributed by atoms with Crippen molar-refractivity contribution >= 4 is 33.6 Å². The third-order valence-corrected chi connectivity index (χ3v) is 10.2. The summed E-state index contributed by atoms with van der Waals surface area (Å²) in [4.78, 5) is 36.9. The van der Waals surface area contributed by atoms with Crippen LogP contribution in [0, 0.1) is 11.6 Å². The largest absolute Gasteiger partial charge is 0.328 e. The monoisotopic (exact) mass is 774 g/mol. The molecule has 58 heavy (non-hydrogen) atoms. The minimum atomic E-state index is -0.321. The van der Waals surface area contributed by atoms with Crippen LogP contribution < -0.4 is 0 Å². The molecule has 6 heterocycles. The van der Waals surface area contributed by atoms with E-state index >= 15 is 0 Å². The molecule has 0 saturated heterocycles. The lowest BCUT2D eigenvalue weighted by Crippen LogP contribution is -2.23. The van der Waals surface area contributed by atoms with E-state index in [2.05, 4.69) is 20.2 Å². The average Bonchev–Trinajstić information content (AvgIpc) is 3.99. The highest BCUT2D eigenvalue weighted by Gasteiger charge is 2.30. The summed E-state index contributed by atoms with van der Waals surface area (Å²) >= 11 is 0. The van der Waals surface area contributed by atoms with E-state index in [1.54, 1.807) is 68.0 Å². The third-order valence-electron chi connectivity index (χ3n) is 10.2. The molecule has 4 aromatic heterocycles. The normalized spacial score (nSPS) is 13.0. The van der Waals surface area contributed by atoms with Crippen molar-refractivity contribution in [3.8, 4) is 22.3 Å². The van der Waals surface area contributed by atoms with Crippen LogP contribution in [-0.2, 0) is 40.3 Å². The summed E-state index contributed by atoms with van der Waals surface area (Å²) in [6.07, 6.45) is 7.26. The molecule has 0 N–H and O–H groups in total. The summed E-state index contributed by atoms with van der Waals surface area (Å²) < 4.78 is 32.6. The molecule has 290 valence electrons. The molecular weight excluding hydrogens is 735 g/mol. The van der Waals surface area contributed by atoms with Gasteiger partial charge in [-0.3, -0.25) is 28.9 Å². The number of nitrogens with zero attached hydrogens (tertiary/aromatic N) is 8. The van der Waals surface area contributed by atoms with Crippen molar-refractivity contribution in [3.05, 3.63) is 167 Å². The fraction of sp³-hybridized carbons (Fsp3) is 0.174. The number of aryl methyl sites for hydroxylation is 2. The second-order valence-electron chi connectivity index (χ2n) is 14.0. The highest BCUT2D eigenvalue weighted by Crippen LogP contribution is 2.32. The fourth-order valence-electron chi connectivity index (χ4n) is 7.51. The first-order valence-corrected chi connectivity index (χ1v) is 19.1. The number of amides is 2. The zero-order chi connectivity index (χ0) is 40.5. The number of rotatable bonds is 6. The molecule has 0 atom stereocenters. The lowest BCUT2D eigenvalue weighted by atomic mass is 9.99. The van der Waals surface area contributed by atoms with Crippen molar-refractivity contribution in [1.29, 1.82) is 0 Å². The van der Waals surface area contributed by atoms with Gasteiger partial charge < -0.3 is 9.80 Å². The Labute approximate surface area is 334 Å². The Morgan fingerprint density at radius 3 is 1.71 bits per heavy atom. The minimum Gasteiger partial charge on any atom is -0.328 e. The number of halogens is 2. The number of aromatic nitrogens is 6. The van der Waals surface area contributed by atoms with Gasteiger partial charge >= 0.3 is 0 Å². The summed E-state index contributed by atoms with van der Waals surface area (Å²) in [7, 11) is 3.76. The Kier molecular flexibility index (Phi) is 10.3. The van der Waals surface area contributed by atoms with Gasteiger partial charge in [0.2, 0.25) is 0 Å². The van der Waals surface area contributed by atoms with E-state index in [1.165, 1.54) is 12.1 Å². The van der Waals surface area contributed by atoms with Crippen LogP contribution in [0.2, 0.25) is 0 Å². The van der Waals surface area contributed by atoms with Crippen LogP contribution >= 0.6 is 0 Å². The first-order valence-electron chi connectivity index (χ1n) is 19.1. The lowest BCUT2D eigenvalue weighted by Gasteiger charge is -2.17. The van der Waals surface area contributed by atoms with Gasteiger partial charge in [-0.05, 0) is 89.0 Å². The minimum absolute atomic E-state index is 0.107. The Bertz CT molecular complexity index is 2850. The molecule has 2 amide bonds. The van der Waals surface area contributed by atoms with Gasteiger partial charge in [-0.15, -0.1) is 0 Å². The number of pyridine rings is 2. The molecule has 10 nitrogen and oxygen atoms in total. The molecule has 2 aliphatic heterocycles. The molecule has 0 bridgehead atoms. The van der Waals surface area contributed by atoms with Crippen LogP contribution in [-0.4, -0.2) is 51.1 Å². The number of fused-ring (bicyclic) bond motifs is 4. The van der Waals surface area contributed by atoms with E-state index in [-0.39, 0.29) is 36.5 Å². The Morgan fingerprint density at radius 2 is 1.09 bits per heavy atom. The predicted octanol–water partition coefficient (Wildman–Crippen LogP) is 8.89. The van der Waals surface area contributed by atoms with Crippen molar-refractivity contribution in [2.75, 3.05) is 0 Å². The van der Waals surface area contributed by atoms with Gasteiger partial charge in [0.15, 0.2) is 0 Å². The summed E-state index contributed by atoms with van der Waals surface area (Å²) in [5, 5.41) is 10.9. The highest BCUT2D eigenvalue weighted by atomic mass is 19.1. The van der Waals surface area contributed by atoms with E-state index in [1.807, 2.05) is 88.9 Å². The van der Waals surface area contributed by atoms with Crippen molar-refractivity contribution in [2.24, 2.45) is 14.1 Å². The quantitative estimate of drug-likeness (QED) is 0.167. The van der Waals surface area contributed by atoms with E-state index in [0.717, 1.165) is 55.4 Å². The first-order chi connectivity index (χ1) is 28.2. The van der Waals surface area contributed by atoms with Crippen molar-refractivity contribution < 1.29 is 18.4 Å². The summed E-state index contributed by atoms with van der Waals surface area (Å²) in [5.74, 6) is -0.853. The molecule has 0 aliphatic carbocycles. The highest BCUT2D eigenvalue weighted by molar-refractivity contribution is 5.98. The number of carbonyl (C=O) groups excluding carboxylic acids is 2. The van der Waals surface area contributed by atoms with Gasteiger partial charge in [0.25, 0.3) is 11.8 Å². The molecule has 8 aromatic rings. The van der Waals surface area contributed by atoms with Crippen molar-refractivity contribution in [1.82, 2.24) is 39.3 Å². The molecule has 2 aliphatic rings. The summed E-state index contributed by atoms with van der Waals surface area (Å²) in [6, 6.07) is 29.0. The maximum Gasteiger partial charge on any atom is 0.256 e. The van der Waals surface area contributed by atoms with Crippen molar-refractivity contribution in [2.45, 2.75) is 40.0 Å². The molecule has 0 unspecified atom stereocenters. The van der Waals surface area contributed by atoms with E-state index in [9.17, 15) is 18.4 Å². The van der Waals surface area contributed by atoms with Gasteiger partial charge in [0.05, 0.1) is 46.6 Å². The molecule has 0 spiro atoms. The maximum absolute atomic E-state index is 14.5. The average molecular weight is 775 g/mol. The maximum atomic E-state index is 14.5. The molecule has 0 fully saturated rings. The molecular formula is C46H40F2N8O2. The smallest absolute Gasteiger partial charge is 0.256 e. The Morgan fingerprint density at radius 1 is 0.569 bits per heavy atom. The van der Waals surface area contributed by atoms with Crippen LogP contribution in [0.3, 0.4) is 0 Å². The Hall–Kier alpha value is -7.08. The Balaban J connectivity index is 0.000000155. The first kappa shape index (κ1) is 37.8. The summed E-state index contributed by atoms with van der Waals surface area (Å²) in [5.41, 5.74) is 9.24. The van der Waals surface area contributed by atoms with Gasteiger partial charge in [-0.2, -0.15) is 10.2 Å². The lowest BCUT2D eigenvalue weighted by molar-refractivity contribution is 0.0757. The van der Waals surface area contributed by atoms with E-state index in [0.29, 0.717) is 35.3 Å². The third kappa shape index (κ3) is 7.32. The molecule has 0 radical (unpaired) electrons. The van der Waals surface area contributed by atoms with Crippen LogP contribution in [0.1, 0.15) is 57.1 Å².